The fourth-order valence-corrected chi connectivity index (χ4v) is 4.46. The number of aromatic nitrogens is 2. The van der Waals surface area contributed by atoms with E-state index in [0.29, 0.717) is 21.1 Å². The summed E-state index contributed by atoms with van der Waals surface area (Å²) in [7, 11) is 0. The number of halogens is 2. The van der Waals surface area contributed by atoms with Crippen LogP contribution in [0.5, 0.6) is 0 Å². The molecule has 7 nitrogen and oxygen atoms in total. The summed E-state index contributed by atoms with van der Waals surface area (Å²) in [5.74, 6) is 2.71. The second-order valence-corrected chi connectivity index (χ2v) is 8.77. The molecule has 35 heavy (non-hydrogen) atoms. The van der Waals surface area contributed by atoms with E-state index in [1.165, 1.54) is 0 Å². The number of benzene rings is 2. The fraction of sp³-hybridized carbons (Fsp3) is 0.0769. The van der Waals surface area contributed by atoms with Gasteiger partial charge in [-0.15, -0.1) is 6.42 Å². The molecule has 174 valence electrons. The summed E-state index contributed by atoms with van der Waals surface area (Å²) in [5.41, 5.74) is 15.4. The van der Waals surface area contributed by atoms with E-state index in [4.69, 9.17) is 29.6 Å². The zero-order valence-corrected chi connectivity index (χ0v) is 20.2. The average molecular weight is 502 g/mol. The maximum atomic E-state index is 6.71. The maximum Gasteiger partial charge on any atom is 0.0961 e. The van der Waals surface area contributed by atoms with Crippen LogP contribution in [0.4, 0.5) is 17.1 Å². The summed E-state index contributed by atoms with van der Waals surface area (Å²) in [6, 6.07) is 15.0. The van der Waals surface area contributed by atoms with Crippen molar-refractivity contribution in [2.45, 2.75) is 13.0 Å². The van der Waals surface area contributed by atoms with E-state index in [1.54, 1.807) is 12.4 Å². The van der Waals surface area contributed by atoms with E-state index in [-0.39, 0.29) is 6.04 Å². The molecule has 5 rings (SSSR count). The first-order valence-electron chi connectivity index (χ1n) is 10.8. The molecule has 0 unspecified atom stereocenters. The number of hydrogen-bond donors (Lipinski definition) is 5. The zero-order valence-electron chi connectivity index (χ0n) is 18.7. The van der Waals surface area contributed by atoms with Crippen LogP contribution in [0.2, 0.25) is 10.0 Å². The number of aryl methyl sites for hydroxylation is 1. The molecule has 2 aromatic carbocycles. The van der Waals surface area contributed by atoms with Crippen LogP contribution >= 0.6 is 23.2 Å². The number of hydrogen-bond acceptors (Lipinski definition) is 7. The van der Waals surface area contributed by atoms with Gasteiger partial charge in [0.05, 0.1) is 33.5 Å². The number of anilines is 3. The molecule has 0 saturated carbocycles. The predicted molar refractivity (Wildman–Crippen MR) is 142 cm³/mol. The molecule has 0 fully saturated rings. The molecule has 0 bridgehead atoms. The molecule has 0 aliphatic carbocycles. The highest BCUT2D eigenvalue weighted by Crippen LogP contribution is 2.37. The SMILES string of the molecule is C#Cc1cnc2c(Cl)cc(N[C@H](C3=CNNN3)c3cccnc3C)cc2c1Nc1cccc(Cl)c1. The highest BCUT2D eigenvalue weighted by atomic mass is 35.5. The minimum Gasteiger partial charge on any atom is -0.373 e. The third-order valence-corrected chi connectivity index (χ3v) is 6.18. The van der Waals surface area contributed by atoms with E-state index in [9.17, 15) is 0 Å². The average Bonchev–Trinajstić information content (AvgIpc) is 3.38. The van der Waals surface area contributed by atoms with Gasteiger partial charge in [0.15, 0.2) is 0 Å². The molecule has 0 spiro atoms. The van der Waals surface area contributed by atoms with E-state index in [0.717, 1.165) is 39.4 Å². The Hall–Kier alpha value is -3.96. The van der Waals surface area contributed by atoms with Crippen LogP contribution in [0.3, 0.4) is 0 Å². The van der Waals surface area contributed by atoms with Crippen LogP contribution in [0.15, 0.2) is 72.8 Å². The highest BCUT2D eigenvalue weighted by Gasteiger charge is 2.22. The smallest absolute Gasteiger partial charge is 0.0961 e. The Morgan fingerprint density at radius 1 is 1.06 bits per heavy atom. The summed E-state index contributed by atoms with van der Waals surface area (Å²) < 4.78 is 0. The van der Waals surface area contributed by atoms with Crippen molar-refractivity contribution < 1.29 is 0 Å². The first-order chi connectivity index (χ1) is 17.0. The number of pyridine rings is 2. The van der Waals surface area contributed by atoms with Crippen molar-refractivity contribution in [2.24, 2.45) is 0 Å². The number of hydrazine groups is 2. The topological polar surface area (TPSA) is 85.9 Å². The normalized spacial score (nSPS) is 13.4. The van der Waals surface area contributed by atoms with Crippen molar-refractivity contribution in [3.8, 4) is 12.3 Å². The molecule has 5 N–H and O–H groups in total. The molecule has 4 aromatic rings. The van der Waals surface area contributed by atoms with E-state index < -0.39 is 0 Å². The lowest BCUT2D eigenvalue weighted by Crippen LogP contribution is -2.34. The van der Waals surface area contributed by atoms with Gasteiger partial charge in [0.2, 0.25) is 0 Å². The van der Waals surface area contributed by atoms with Gasteiger partial charge in [0, 0.05) is 51.6 Å². The van der Waals surface area contributed by atoms with Gasteiger partial charge in [0.1, 0.15) is 0 Å². The van der Waals surface area contributed by atoms with Crippen LogP contribution in [0.1, 0.15) is 22.9 Å². The van der Waals surface area contributed by atoms with Gasteiger partial charge in [-0.1, -0.05) is 41.3 Å². The lowest BCUT2D eigenvalue weighted by Gasteiger charge is -2.23. The Morgan fingerprint density at radius 3 is 2.69 bits per heavy atom. The summed E-state index contributed by atoms with van der Waals surface area (Å²) in [5, 5.41) is 8.88. The van der Waals surface area contributed by atoms with Gasteiger partial charge in [-0.05, 0) is 43.3 Å². The third-order valence-electron chi connectivity index (χ3n) is 5.66. The number of fused-ring (bicyclic) bond motifs is 1. The molecular formula is C26H21Cl2N7. The molecule has 1 aliphatic rings. The molecular weight excluding hydrogens is 481 g/mol. The van der Waals surface area contributed by atoms with Crippen molar-refractivity contribution in [3.63, 3.8) is 0 Å². The Labute approximate surface area is 212 Å². The Kier molecular flexibility index (Phi) is 6.34. The summed E-state index contributed by atoms with van der Waals surface area (Å²) in [4.78, 5) is 8.98. The summed E-state index contributed by atoms with van der Waals surface area (Å²) in [6.45, 7) is 1.98. The van der Waals surface area contributed by atoms with Crippen molar-refractivity contribution in [1.82, 2.24) is 26.4 Å². The number of nitrogens with one attached hydrogen (secondary N) is 5. The van der Waals surface area contributed by atoms with Crippen molar-refractivity contribution in [1.29, 1.82) is 0 Å². The molecule has 0 saturated heterocycles. The zero-order chi connectivity index (χ0) is 24.4. The molecule has 0 amide bonds. The second-order valence-electron chi connectivity index (χ2n) is 7.93. The largest absolute Gasteiger partial charge is 0.373 e. The first-order valence-corrected chi connectivity index (χ1v) is 11.5. The van der Waals surface area contributed by atoms with Crippen molar-refractivity contribution >= 4 is 51.2 Å². The summed E-state index contributed by atoms with van der Waals surface area (Å²) >= 11 is 12.9. The van der Waals surface area contributed by atoms with E-state index in [2.05, 4.69) is 42.9 Å². The Bertz CT molecular complexity index is 1490. The molecule has 3 heterocycles. The minimum atomic E-state index is -0.229. The first kappa shape index (κ1) is 22.8. The van der Waals surface area contributed by atoms with Gasteiger partial charge in [-0.2, -0.15) is 5.53 Å². The van der Waals surface area contributed by atoms with Crippen molar-refractivity contribution in [3.05, 3.63) is 99.7 Å². The van der Waals surface area contributed by atoms with Crippen LogP contribution in [-0.4, -0.2) is 9.97 Å². The monoisotopic (exact) mass is 501 g/mol. The van der Waals surface area contributed by atoms with E-state index >= 15 is 0 Å². The molecule has 1 aliphatic heterocycles. The standard InChI is InChI=1S/C26H21Cl2N7/c1-3-16-13-30-25-21(24(16)32-18-7-4-6-17(27)10-18)11-19(12-22(25)28)33-26(23-14-31-35-34-23)20-8-5-9-29-15(20)2/h1,4-14,26,31,33-35H,2H3,(H,30,32)/t26-/m0/s1. The number of terminal acetylenes is 1. The van der Waals surface area contributed by atoms with Crippen LogP contribution in [0.25, 0.3) is 10.9 Å². The summed E-state index contributed by atoms with van der Waals surface area (Å²) in [6.07, 6.45) is 11.1. The van der Waals surface area contributed by atoms with Gasteiger partial charge in [-0.25, -0.2) is 0 Å². The van der Waals surface area contributed by atoms with Gasteiger partial charge in [-0.3, -0.25) is 9.97 Å². The van der Waals surface area contributed by atoms with E-state index in [1.807, 2.05) is 61.7 Å². The van der Waals surface area contributed by atoms with Crippen LogP contribution < -0.4 is 27.0 Å². The van der Waals surface area contributed by atoms with Gasteiger partial charge < -0.3 is 21.5 Å². The third kappa shape index (κ3) is 4.68. The second kappa shape index (κ2) is 9.72. The minimum absolute atomic E-state index is 0.229. The molecule has 2 aromatic heterocycles. The lowest BCUT2D eigenvalue weighted by atomic mass is 10.0. The number of nitrogens with zero attached hydrogens (tertiary/aromatic N) is 2. The molecule has 9 heteroatoms. The van der Waals surface area contributed by atoms with Crippen molar-refractivity contribution in [2.75, 3.05) is 10.6 Å². The van der Waals surface area contributed by atoms with Gasteiger partial charge >= 0.3 is 0 Å². The fourth-order valence-electron chi connectivity index (χ4n) is 4.00. The lowest BCUT2D eigenvalue weighted by molar-refractivity contribution is 0.582. The number of rotatable bonds is 6. The molecule has 0 radical (unpaired) electrons. The Balaban J connectivity index is 1.61. The molecule has 1 atom stereocenters. The maximum absolute atomic E-state index is 6.71. The predicted octanol–water partition coefficient (Wildman–Crippen LogP) is 5.58. The quantitative estimate of drug-likeness (QED) is 0.220. The van der Waals surface area contributed by atoms with Crippen LogP contribution in [-0.2, 0) is 0 Å². The highest BCUT2D eigenvalue weighted by molar-refractivity contribution is 6.36. The Morgan fingerprint density at radius 2 is 1.94 bits per heavy atom. The van der Waals surface area contributed by atoms with Gasteiger partial charge in [0.25, 0.3) is 0 Å². The van der Waals surface area contributed by atoms with Crippen LogP contribution in [0, 0.1) is 19.3 Å².